The summed E-state index contributed by atoms with van der Waals surface area (Å²) in [5.74, 6) is 1.60. The minimum atomic E-state index is -0.138. The second kappa shape index (κ2) is 19.6. The molecule has 1 fully saturated rings. The molecule has 0 saturated heterocycles. The lowest BCUT2D eigenvalue weighted by Crippen LogP contribution is -2.12. The molecule has 238 valence electrons. The van der Waals surface area contributed by atoms with E-state index in [0.29, 0.717) is 18.8 Å². The maximum Gasteiger partial charge on any atom is 0.128 e. The van der Waals surface area contributed by atoms with Crippen LogP contribution in [0.1, 0.15) is 117 Å². The number of hydrogen-bond acceptors (Lipinski definition) is 1. The SMILES string of the molecule is C=C[C@H]1CC[C@H](CCCCc2ccc(CCCCc3ccc(CCCCc4ccc(COCCC)c(F)c4)cc3)cc2)CC1. The summed E-state index contributed by atoms with van der Waals surface area (Å²) < 4.78 is 19.8. The van der Waals surface area contributed by atoms with E-state index in [1.807, 2.05) is 6.07 Å². The van der Waals surface area contributed by atoms with Crippen LogP contribution in [0.25, 0.3) is 0 Å². The van der Waals surface area contributed by atoms with Crippen LogP contribution in [0.4, 0.5) is 4.39 Å². The van der Waals surface area contributed by atoms with E-state index in [-0.39, 0.29) is 5.82 Å². The fraction of sp³-hybridized carbons (Fsp3) is 0.524. The summed E-state index contributed by atoms with van der Waals surface area (Å²) in [6, 6.07) is 24.3. The maximum absolute atomic E-state index is 14.3. The van der Waals surface area contributed by atoms with E-state index in [0.717, 1.165) is 55.9 Å². The fourth-order valence-electron chi connectivity index (χ4n) is 6.73. The van der Waals surface area contributed by atoms with Gasteiger partial charge in [-0.25, -0.2) is 4.39 Å². The van der Waals surface area contributed by atoms with Crippen LogP contribution in [0.3, 0.4) is 0 Å². The molecule has 0 atom stereocenters. The van der Waals surface area contributed by atoms with Crippen molar-refractivity contribution in [3.63, 3.8) is 0 Å². The average molecular weight is 597 g/mol. The van der Waals surface area contributed by atoms with Crippen molar-refractivity contribution in [1.82, 2.24) is 0 Å². The molecular weight excluding hydrogens is 539 g/mol. The van der Waals surface area contributed by atoms with Crippen LogP contribution in [0.2, 0.25) is 0 Å². The van der Waals surface area contributed by atoms with E-state index in [9.17, 15) is 4.39 Å². The summed E-state index contributed by atoms with van der Waals surface area (Å²) in [6.07, 6.45) is 23.0. The van der Waals surface area contributed by atoms with E-state index in [4.69, 9.17) is 4.74 Å². The van der Waals surface area contributed by atoms with Crippen molar-refractivity contribution in [2.45, 2.75) is 123 Å². The summed E-state index contributed by atoms with van der Waals surface area (Å²) in [7, 11) is 0. The Balaban J connectivity index is 1.04. The van der Waals surface area contributed by atoms with Gasteiger partial charge in [0.2, 0.25) is 0 Å². The molecule has 0 spiro atoms. The van der Waals surface area contributed by atoms with Crippen LogP contribution < -0.4 is 0 Å². The first-order valence-electron chi connectivity index (χ1n) is 17.8. The third-order valence-electron chi connectivity index (χ3n) is 9.68. The molecule has 0 N–H and O–H groups in total. The predicted molar refractivity (Wildman–Crippen MR) is 186 cm³/mol. The van der Waals surface area contributed by atoms with E-state index >= 15 is 0 Å². The Hall–Kier alpha value is -2.71. The van der Waals surface area contributed by atoms with E-state index in [1.54, 1.807) is 6.07 Å². The molecule has 3 aromatic carbocycles. The third-order valence-corrected chi connectivity index (χ3v) is 9.68. The second-order valence-electron chi connectivity index (χ2n) is 13.3. The summed E-state index contributed by atoms with van der Waals surface area (Å²) in [5, 5.41) is 0. The van der Waals surface area contributed by atoms with Gasteiger partial charge >= 0.3 is 0 Å². The van der Waals surface area contributed by atoms with Crippen molar-refractivity contribution < 1.29 is 9.13 Å². The lowest BCUT2D eigenvalue weighted by Gasteiger charge is -2.26. The molecule has 1 saturated carbocycles. The lowest BCUT2D eigenvalue weighted by atomic mass is 9.80. The fourth-order valence-corrected chi connectivity index (χ4v) is 6.73. The van der Waals surface area contributed by atoms with Gasteiger partial charge in [-0.3, -0.25) is 0 Å². The van der Waals surface area contributed by atoms with Gasteiger partial charge in [-0.05, 0) is 142 Å². The Kier molecular flexibility index (Phi) is 15.2. The van der Waals surface area contributed by atoms with Crippen molar-refractivity contribution >= 4 is 0 Å². The average Bonchev–Trinajstić information content (AvgIpc) is 3.06. The van der Waals surface area contributed by atoms with Crippen LogP contribution in [0, 0.1) is 17.7 Å². The Morgan fingerprint density at radius 1 is 0.659 bits per heavy atom. The third kappa shape index (κ3) is 12.4. The van der Waals surface area contributed by atoms with Gasteiger partial charge in [0.15, 0.2) is 0 Å². The first-order chi connectivity index (χ1) is 21.6. The minimum absolute atomic E-state index is 0.138. The highest BCUT2D eigenvalue weighted by molar-refractivity contribution is 5.25. The van der Waals surface area contributed by atoms with Gasteiger partial charge in [0.05, 0.1) is 6.61 Å². The molecule has 0 bridgehead atoms. The van der Waals surface area contributed by atoms with Crippen molar-refractivity contribution in [3.8, 4) is 0 Å². The van der Waals surface area contributed by atoms with Gasteiger partial charge in [-0.1, -0.05) is 86.5 Å². The van der Waals surface area contributed by atoms with Gasteiger partial charge in [-0.2, -0.15) is 0 Å². The molecule has 0 unspecified atom stereocenters. The van der Waals surface area contributed by atoms with Gasteiger partial charge < -0.3 is 4.74 Å². The first-order valence-corrected chi connectivity index (χ1v) is 17.8. The Morgan fingerprint density at radius 2 is 1.11 bits per heavy atom. The molecular formula is C42H57FO. The molecule has 0 aromatic heterocycles. The van der Waals surface area contributed by atoms with E-state index < -0.39 is 0 Å². The largest absolute Gasteiger partial charge is 0.377 e. The van der Waals surface area contributed by atoms with E-state index in [2.05, 4.69) is 74.2 Å². The van der Waals surface area contributed by atoms with Crippen molar-refractivity contribution in [1.29, 1.82) is 0 Å². The Morgan fingerprint density at radius 3 is 1.57 bits per heavy atom. The van der Waals surface area contributed by atoms with Crippen molar-refractivity contribution in [2.75, 3.05) is 6.61 Å². The molecule has 0 radical (unpaired) electrons. The monoisotopic (exact) mass is 596 g/mol. The van der Waals surface area contributed by atoms with E-state index in [1.165, 1.54) is 92.9 Å². The van der Waals surface area contributed by atoms with Gasteiger partial charge in [0.25, 0.3) is 0 Å². The number of unbranched alkanes of at least 4 members (excludes halogenated alkanes) is 3. The number of aryl methyl sites for hydroxylation is 5. The first kappa shape index (κ1) is 34.2. The number of rotatable bonds is 20. The van der Waals surface area contributed by atoms with Crippen molar-refractivity contribution in [3.05, 3.63) is 119 Å². The molecule has 1 aliphatic rings. The summed E-state index contributed by atoms with van der Waals surface area (Å²) in [6.45, 7) is 7.08. The van der Waals surface area contributed by atoms with Crippen LogP contribution in [0.15, 0.2) is 79.4 Å². The van der Waals surface area contributed by atoms with Gasteiger partial charge in [0.1, 0.15) is 5.82 Å². The number of hydrogen-bond donors (Lipinski definition) is 0. The topological polar surface area (TPSA) is 9.23 Å². The molecule has 3 aromatic rings. The highest BCUT2D eigenvalue weighted by Gasteiger charge is 2.18. The minimum Gasteiger partial charge on any atom is -0.377 e. The van der Waals surface area contributed by atoms with Crippen molar-refractivity contribution in [2.24, 2.45) is 11.8 Å². The maximum atomic E-state index is 14.3. The number of halogens is 1. The lowest BCUT2D eigenvalue weighted by molar-refractivity contribution is 0.119. The highest BCUT2D eigenvalue weighted by atomic mass is 19.1. The van der Waals surface area contributed by atoms with Crippen LogP contribution in [0.5, 0.6) is 0 Å². The molecule has 0 amide bonds. The molecule has 44 heavy (non-hydrogen) atoms. The molecule has 0 heterocycles. The normalized spacial score (nSPS) is 16.7. The Labute approximate surface area is 268 Å². The van der Waals surface area contributed by atoms with Crippen LogP contribution >= 0.6 is 0 Å². The summed E-state index contributed by atoms with van der Waals surface area (Å²) in [4.78, 5) is 0. The quantitative estimate of drug-likeness (QED) is 0.0931. The zero-order valence-corrected chi connectivity index (χ0v) is 27.5. The van der Waals surface area contributed by atoms with Gasteiger partial charge in [-0.15, -0.1) is 6.58 Å². The molecule has 1 nitrogen and oxygen atoms in total. The molecule has 1 aliphatic carbocycles. The highest BCUT2D eigenvalue weighted by Crippen LogP contribution is 2.32. The summed E-state index contributed by atoms with van der Waals surface area (Å²) in [5.41, 5.74) is 7.55. The molecule has 0 aliphatic heterocycles. The zero-order chi connectivity index (χ0) is 30.8. The number of ether oxygens (including phenoxy) is 1. The molecule has 2 heteroatoms. The molecule has 4 rings (SSSR count). The number of benzene rings is 3. The number of allylic oxidation sites excluding steroid dienone is 1. The predicted octanol–water partition coefficient (Wildman–Crippen LogP) is 11.6. The van der Waals surface area contributed by atoms with Crippen LogP contribution in [-0.4, -0.2) is 6.61 Å². The smallest absolute Gasteiger partial charge is 0.128 e. The Bertz CT molecular complexity index is 1200. The van der Waals surface area contributed by atoms with Crippen LogP contribution in [-0.2, 0) is 43.4 Å². The standard InChI is InChI=1S/C42H57FO/c1-3-31-44-33-41-30-29-40(32-42(41)43)16-10-9-15-39-27-25-38(26-28-39)14-8-7-13-37-23-21-36(22-24-37)12-6-5-11-35-19-17-34(4-2)18-20-35/h4,21-30,32,34-35H,2-3,5-20,31,33H2,1H3/t34-,35-. The second-order valence-corrected chi connectivity index (χ2v) is 13.3. The summed E-state index contributed by atoms with van der Waals surface area (Å²) >= 11 is 0. The van der Waals surface area contributed by atoms with Gasteiger partial charge in [0, 0.05) is 12.2 Å². The zero-order valence-electron chi connectivity index (χ0n) is 27.5.